The van der Waals surface area contributed by atoms with Gasteiger partial charge in [0.15, 0.2) is 0 Å². The number of carbonyl (C=O) groups is 1. The molecule has 0 radical (unpaired) electrons. The molecule has 0 bridgehead atoms. The van der Waals surface area contributed by atoms with Gasteiger partial charge in [0.05, 0.1) is 6.42 Å². The Morgan fingerprint density at radius 1 is 1.36 bits per heavy atom. The Balaban J connectivity index is 4.61. The molecular formula is C11H23NO2. The van der Waals surface area contributed by atoms with Gasteiger partial charge in [-0.3, -0.25) is 4.79 Å². The third-order valence-corrected chi connectivity index (χ3v) is 2.97. The molecule has 0 fully saturated rings. The van der Waals surface area contributed by atoms with Gasteiger partial charge in [-0.05, 0) is 25.7 Å². The average molecular weight is 201 g/mol. The van der Waals surface area contributed by atoms with Gasteiger partial charge in [-0.1, -0.05) is 26.7 Å². The smallest absolute Gasteiger partial charge is 0.303 e. The number of carboxylic acids is 1. The van der Waals surface area contributed by atoms with Gasteiger partial charge in [0.25, 0.3) is 0 Å². The van der Waals surface area contributed by atoms with E-state index in [1.807, 2.05) is 13.8 Å². The standard InChI is InChI=1S/C11H23NO2/c1-5-8(6-2)9(7-10(13)14)11(3,4)12/h8-9H,5-7,12H2,1-4H3,(H,13,14). The minimum atomic E-state index is -0.750. The van der Waals surface area contributed by atoms with Crippen molar-refractivity contribution in [2.75, 3.05) is 0 Å². The summed E-state index contributed by atoms with van der Waals surface area (Å²) in [5, 5.41) is 8.83. The summed E-state index contributed by atoms with van der Waals surface area (Å²) in [7, 11) is 0. The first kappa shape index (κ1) is 13.4. The first-order valence-corrected chi connectivity index (χ1v) is 5.33. The van der Waals surface area contributed by atoms with Crippen LogP contribution in [0.5, 0.6) is 0 Å². The normalized spacial score (nSPS) is 14.4. The van der Waals surface area contributed by atoms with E-state index in [1.165, 1.54) is 0 Å². The van der Waals surface area contributed by atoms with Crippen molar-refractivity contribution < 1.29 is 9.90 Å². The van der Waals surface area contributed by atoms with Gasteiger partial charge < -0.3 is 10.8 Å². The first-order chi connectivity index (χ1) is 6.32. The third kappa shape index (κ3) is 4.09. The number of carboxylic acid groups (broad SMARTS) is 1. The van der Waals surface area contributed by atoms with Crippen LogP contribution in [0.3, 0.4) is 0 Å². The van der Waals surface area contributed by atoms with Crippen LogP contribution in [0.25, 0.3) is 0 Å². The molecule has 0 rings (SSSR count). The first-order valence-electron chi connectivity index (χ1n) is 5.33. The molecule has 14 heavy (non-hydrogen) atoms. The lowest BCUT2D eigenvalue weighted by molar-refractivity contribution is -0.139. The molecule has 0 aliphatic rings. The molecule has 0 spiro atoms. The molecule has 0 aliphatic carbocycles. The highest BCUT2D eigenvalue weighted by atomic mass is 16.4. The van der Waals surface area contributed by atoms with Crippen molar-refractivity contribution in [3.05, 3.63) is 0 Å². The third-order valence-electron chi connectivity index (χ3n) is 2.97. The molecule has 3 nitrogen and oxygen atoms in total. The summed E-state index contributed by atoms with van der Waals surface area (Å²) in [6, 6.07) is 0. The zero-order valence-corrected chi connectivity index (χ0v) is 9.71. The van der Waals surface area contributed by atoms with E-state index in [0.717, 1.165) is 12.8 Å². The Bertz CT molecular complexity index is 180. The maximum absolute atomic E-state index is 10.7. The van der Waals surface area contributed by atoms with Crippen LogP contribution in [0.4, 0.5) is 0 Å². The summed E-state index contributed by atoms with van der Waals surface area (Å²) in [4.78, 5) is 10.7. The average Bonchev–Trinajstić information content (AvgIpc) is 2.02. The minimum Gasteiger partial charge on any atom is -0.481 e. The minimum absolute atomic E-state index is 0.0648. The summed E-state index contributed by atoms with van der Waals surface area (Å²) < 4.78 is 0. The van der Waals surface area contributed by atoms with E-state index < -0.39 is 11.5 Å². The molecule has 0 aromatic heterocycles. The van der Waals surface area contributed by atoms with Crippen molar-refractivity contribution in [3.63, 3.8) is 0 Å². The van der Waals surface area contributed by atoms with E-state index in [2.05, 4.69) is 13.8 Å². The number of nitrogens with two attached hydrogens (primary N) is 1. The molecule has 3 N–H and O–H groups in total. The Kier molecular flexibility index (Phi) is 5.13. The molecule has 0 aromatic carbocycles. The number of aliphatic carboxylic acids is 1. The SMILES string of the molecule is CCC(CC)C(CC(=O)O)C(C)(C)N. The van der Waals surface area contributed by atoms with Crippen LogP contribution in [-0.4, -0.2) is 16.6 Å². The van der Waals surface area contributed by atoms with E-state index in [0.29, 0.717) is 5.92 Å². The van der Waals surface area contributed by atoms with Gasteiger partial charge in [0, 0.05) is 5.54 Å². The van der Waals surface area contributed by atoms with Crippen molar-refractivity contribution in [3.8, 4) is 0 Å². The summed E-state index contributed by atoms with van der Waals surface area (Å²) >= 11 is 0. The lowest BCUT2D eigenvalue weighted by Crippen LogP contribution is -2.45. The quantitative estimate of drug-likeness (QED) is 0.692. The number of hydrogen-bond acceptors (Lipinski definition) is 2. The van der Waals surface area contributed by atoms with Gasteiger partial charge in [-0.2, -0.15) is 0 Å². The molecule has 0 saturated carbocycles. The second-order valence-electron chi connectivity index (χ2n) is 4.60. The Hall–Kier alpha value is -0.570. The fourth-order valence-corrected chi connectivity index (χ4v) is 2.08. The van der Waals surface area contributed by atoms with Crippen LogP contribution in [-0.2, 0) is 4.79 Å². The van der Waals surface area contributed by atoms with Crippen molar-refractivity contribution in [2.24, 2.45) is 17.6 Å². The molecule has 0 aliphatic heterocycles. The lowest BCUT2D eigenvalue weighted by atomic mass is 9.74. The molecule has 1 atom stereocenters. The predicted octanol–water partition coefficient (Wildman–Crippen LogP) is 2.25. The van der Waals surface area contributed by atoms with Crippen LogP contribution < -0.4 is 5.73 Å². The molecule has 84 valence electrons. The highest BCUT2D eigenvalue weighted by Gasteiger charge is 2.32. The Morgan fingerprint density at radius 2 is 1.79 bits per heavy atom. The van der Waals surface area contributed by atoms with Crippen molar-refractivity contribution in [1.82, 2.24) is 0 Å². The summed E-state index contributed by atoms with van der Waals surface area (Å²) in [6.45, 7) is 8.02. The molecule has 1 unspecified atom stereocenters. The lowest BCUT2D eigenvalue weighted by Gasteiger charge is -2.35. The molecule has 0 saturated heterocycles. The monoisotopic (exact) mass is 201 g/mol. The number of hydrogen-bond donors (Lipinski definition) is 2. The molecule has 3 heteroatoms. The Labute approximate surface area is 86.7 Å². The predicted molar refractivity (Wildman–Crippen MR) is 58.1 cm³/mol. The van der Waals surface area contributed by atoms with E-state index in [-0.39, 0.29) is 12.3 Å². The van der Waals surface area contributed by atoms with Crippen LogP contribution in [0.1, 0.15) is 47.0 Å². The maximum atomic E-state index is 10.7. The van der Waals surface area contributed by atoms with E-state index in [4.69, 9.17) is 10.8 Å². The zero-order valence-electron chi connectivity index (χ0n) is 9.71. The van der Waals surface area contributed by atoms with Gasteiger partial charge in [-0.25, -0.2) is 0 Å². The van der Waals surface area contributed by atoms with E-state index in [1.54, 1.807) is 0 Å². The fourth-order valence-electron chi connectivity index (χ4n) is 2.08. The Morgan fingerprint density at radius 3 is 2.00 bits per heavy atom. The zero-order chi connectivity index (χ0) is 11.4. The molecule has 0 heterocycles. The molecular weight excluding hydrogens is 178 g/mol. The van der Waals surface area contributed by atoms with E-state index in [9.17, 15) is 4.79 Å². The highest BCUT2D eigenvalue weighted by molar-refractivity contribution is 5.67. The summed E-state index contributed by atoms with van der Waals surface area (Å²) in [5.41, 5.74) is 5.61. The van der Waals surface area contributed by atoms with Crippen LogP contribution in [0.15, 0.2) is 0 Å². The van der Waals surface area contributed by atoms with Gasteiger partial charge in [0.2, 0.25) is 0 Å². The molecule has 0 amide bonds. The summed E-state index contributed by atoms with van der Waals surface area (Å²) in [6.07, 6.45) is 2.17. The van der Waals surface area contributed by atoms with Crippen LogP contribution in [0.2, 0.25) is 0 Å². The maximum Gasteiger partial charge on any atom is 0.303 e. The molecule has 0 aromatic rings. The second kappa shape index (κ2) is 5.35. The van der Waals surface area contributed by atoms with Gasteiger partial charge in [-0.15, -0.1) is 0 Å². The number of rotatable bonds is 6. The van der Waals surface area contributed by atoms with E-state index >= 15 is 0 Å². The topological polar surface area (TPSA) is 63.3 Å². The van der Waals surface area contributed by atoms with Crippen molar-refractivity contribution >= 4 is 5.97 Å². The largest absolute Gasteiger partial charge is 0.481 e. The fraction of sp³-hybridized carbons (Fsp3) is 0.909. The van der Waals surface area contributed by atoms with Crippen LogP contribution in [0, 0.1) is 11.8 Å². The highest BCUT2D eigenvalue weighted by Crippen LogP contribution is 2.30. The van der Waals surface area contributed by atoms with Crippen LogP contribution >= 0.6 is 0 Å². The van der Waals surface area contributed by atoms with Crippen molar-refractivity contribution in [1.29, 1.82) is 0 Å². The van der Waals surface area contributed by atoms with Gasteiger partial charge >= 0.3 is 5.97 Å². The van der Waals surface area contributed by atoms with Gasteiger partial charge in [0.1, 0.15) is 0 Å². The summed E-state index contributed by atoms with van der Waals surface area (Å²) in [5.74, 6) is -0.276. The second-order valence-corrected chi connectivity index (χ2v) is 4.60. The van der Waals surface area contributed by atoms with Crippen molar-refractivity contribution in [2.45, 2.75) is 52.5 Å².